The molecule has 0 aliphatic carbocycles. The fourth-order valence-electron chi connectivity index (χ4n) is 0.508. The lowest BCUT2D eigenvalue weighted by molar-refractivity contribution is -0.108. The summed E-state index contributed by atoms with van der Waals surface area (Å²) in [5.74, 6) is 0. The number of amides is 1. The lowest BCUT2D eigenvalue weighted by atomic mass is 10.8. The van der Waals surface area contributed by atoms with Crippen molar-refractivity contribution < 1.29 is 26.4 Å². The van der Waals surface area contributed by atoms with E-state index in [1.165, 1.54) is 4.72 Å². The predicted octanol–water partition coefficient (Wildman–Crippen LogP) is -1.41. The Balaban J connectivity index is 5.37. The summed E-state index contributed by atoms with van der Waals surface area (Å²) in [6, 6.07) is 0. The van der Waals surface area contributed by atoms with Crippen LogP contribution in [0.2, 0.25) is 0 Å². The summed E-state index contributed by atoms with van der Waals surface area (Å²) in [5.41, 5.74) is 0. The van der Waals surface area contributed by atoms with Crippen LogP contribution in [0.4, 0.5) is 0 Å². The molecule has 0 unspecified atom stereocenters. The molecule has 0 aromatic rings. The summed E-state index contributed by atoms with van der Waals surface area (Å²) in [6.45, 7) is 0.920. The zero-order valence-electron chi connectivity index (χ0n) is 7.37. The topological polar surface area (TPSA) is 127 Å². The molecule has 1 N–H and O–H groups in total. The number of hydrogen-bond donors (Lipinski definition) is 1. The number of allylic oxidation sites excluding steroid dienone is 1. The van der Waals surface area contributed by atoms with Crippen molar-refractivity contribution >= 4 is 32.5 Å². The van der Waals surface area contributed by atoms with Crippen LogP contribution in [0.25, 0.3) is 0 Å². The average Bonchev–Trinajstić information content (AvgIpc) is 2.02. The van der Waals surface area contributed by atoms with Gasteiger partial charge in [-0.05, 0) is 6.92 Å². The summed E-state index contributed by atoms with van der Waals surface area (Å²) >= 11 is 0. The van der Waals surface area contributed by atoms with Crippen LogP contribution in [0.15, 0.2) is 14.7 Å². The minimum absolute atomic E-state index is 0.123. The Kier molecular flexibility index (Phi) is 4.34. The van der Waals surface area contributed by atoms with Crippen molar-refractivity contribution in [2.45, 2.75) is 6.92 Å². The van der Waals surface area contributed by atoms with Gasteiger partial charge in [0, 0.05) is 0 Å². The van der Waals surface area contributed by atoms with Gasteiger partial charge in [-0.1, -0.05) is 4.40 Å². The molecule has 0 aliphatic heterocycles. The first-order valence-electron chi connectivity index (χ1n) is 3.23. The summed E-state index contributed by atoms with van der Waals surface area (Å²) in [7, 11) is -8.52. The molecule has 8 nitrogen and oxygen atoms in total. The highest BCUT2D eigenvalue weighted by atomic mass is 32.2. The van der Waals surface area contributed by atoms with Gasteiger partial charge in [0.1, 0.15) is 0 Å². The molecule has 0 heterocycles. The number of isocyanates is 1. The minimum Gasteiger partial charge on any atom is -0.278 e. The van der Waals surface area contributed by atoms with Gasteiger partial charge in [0.2, 0.25) is 6.41 Å². The first-order valence-corrected chi connectivity index (χ1v) is 6.22. The summed E-state index contributed by atoms with van der Waals surface area (Å²) < 4.78 is 47.4. The molecule has 1 amide bonds. The summed E-state index contributed by atoms with van der Waals surface area (Å²) in [6.07, 6.45) is 0.632. The average molecular weight is 254 g/mol. The van der Waals surface area contributed by atoms with Crippen LogP contribution >= 0.6 is 0 Å². The predicted molar refractivity (Wildman–Crippen MR) is 48.9 cm³/mol. The lowest BCUT2D eigenvalue weighted by Gasteiger charge is -1.99. The first kappa shape index (κ1) is 13.5. The lowest BCUT2D eigenvalue weighted by Crippen LogP contribution is -2.22. The molecule has 0 saturated carbocycles. The monoisotopic (exact) mass is 254 g/mol. The summed E-state index contributed by atoms with van der Waals surface area (Å²) in [4.78, 5) is 18.8. The van der Waals surface area contributed by atoms with E-state index in [1.54, 1.807) is 0 Å². The van der Waals surface area contributed by atoms with E-state index in [9.17, 15) is 26.4 Å². The zero-order valence-corrected chi connectivity index (χ0v) is 9.00. The van der Waals surface area contributed by atoms with E-state index in [2.05, 4.69) is 4.40 Å². The van der Waals surface area contributed by atoms with Gasteiger partial charge in [-0.2, -0.15) is 8.42 Å². The number of sulfonamides is 2. The number of carbonyl (C=O) groups is 1. The van der Waals surface area contributed by atoms with Crippen LogP contribution in [0.3, 0.4) is 0 Å². The van der Waals surface area contributed by atoms with E-state index in [4.69, 9.17) is 0 Å². The van der Waals surface area contributed by atoms with Crippen molar-refractivity contribution in [2.24, 2.45) is 4.40 Å². The molecular weight excluding hydrogens is 248 g/mol. The molecule has 0 aliphatic rings. The fourth-order valence-corrected chi connectivity index (χ4v) is 2.27. The van der Waals surface area contributed by atoms with Crippen molar-refractivity contribution in [1.82, 2.24) is 4.72 Å². The van der Waals surface area contributed by atoms with Gasteiger partial charge < -0.3 is 0 Å². The van der Waals surface area contributed by atoms with E-state index < -0.39 is 25.0 Å². The van der Waals surface area contributed by atoms with Gasteiger partial charge in [-0.25, -0.2) is 13.2 Å². The van der Waals surface area contributed by atoms with E-state index in [1.807, 2.05) is 0 Å². The highest BCUT2D eigenvalue weighted by molar-refractivity contribution is 7.97. The van der Waals surface area contributed by atoms with E-state index in [0.29, 0.717) is 0 Å². The third-order valence-corrected chi connectivity index (χ3v) is 3.61. The zero-order chi connectivity index (χ0) is 12.1. The molecule has 0 bridgehead atoms. The number of nitrogens with one attached hydrogen (secondary N) is 1. The molecule has 0 aromatic carbocycles. The highest BCUT2D eigenvalue weighted by Crippen LogP contribution is 2.06. The second-order valence-corrected chi connectivity index (χ2v) is 5.50. The maximum absolute atomic E-state index is 11.0. The fraction of sp³-hybridized carbons (Fsp3) is 0.200. The number of hydrogen-bond acceptors (Lipinski definition) is 6. The summed E-state index contributed by atoms with van der Waals surface area (Å²) in [5, 5.41) is 0.226. The molecule has 0 spiro atoms. The Morgan fingerprint density at radius 3 is 2.27 bits per heavy atom. The second-order valence-electron chi connectivity index (χ2n) is 2.17. The minimum atomic E-state index is -4.33. The Hall–Kier alpha value is -1.51. The molecule has 0 fully saturated rings. The van der Waals surface area contributed by atoms with E-state index in [-0.39, 0.29) is 11.8 Å². The SMILES string of the molecule is CC(=CS(=O)(=O)N=C=O)S(=O)(=O)NC=O. The van der Waals surface area contributed by atoms with E-state index in [0.717, 1.165) is 13.0 Å². The molecule has 0 radical (unpaired) electrons. The van der Waals surface area contributed by atoms with Crippen LogP contribution in [-0.2, 0) is 29.6 Å². The van der Waals surface area contributed by atoms with Crippen LogP contribution in [0, 0.1) is 0 Å². The molecule has 0 saturated heterocycles. The smallest absolute Gasteiger partial charge is 0.278 e. The standard InChI is InChI=1S/C5H6N2O6S2/c1-5(15(12,13)7-4-9)2-14(10,11)6-3-8/h2,4H,1H3,(H,7,9). The maximum Gasteiger partial charge on any atom is 0.286 e. The Morgan fingerprint density at radius 2 is 1.87 bits per heavy atom. The van der Waals surface area contributed by atoms with Crippen LogP contribution < -0.4 is 4.72 Å². The van der Waals surface area contributed by atoms with Gasteiger partial charge >= 0.3 is 0 Å². The molecule has 0 aromatic heterocycles. The number of carbonyl (C=O) groups excluding carboxylic acids is 2. The van der Waals surface area contributed by atoms with Gasteiger partial charge in [0.25, 0.3) is 26.1 Å². The van der Waals surface area contributed by atoms with Gasteiger partial charge in [-0.15, -0.1) is 0 Å². The third kappa shape index (κ3) is 4.49. The van der Waals surface area contributed by atoms with Crippen LogP contribution in [0.5, 0.6) is 0 Å². The Morgan fingerprint density at radius 1 is 1.33 bits per heavy atom. The number of nitrogens with zero attached hydrogens (tertiary/aromatic N) is 1. The van der Waals surface area contributed by atoms with Gasteiger partial charge in [0.05, 0.1) is 10.3 Å². The normalized spacial score (nSPS) is 12.7. The van der Waals surface area contributed by atoms with Crippen molar-refractivity contribution in [1.29, 1.82) is 0 Å². The molecular formula is C5H6N2O6S2. The number of rotatable bonds is 5. The van der Waals surface area contributed by atoms with Crippen molar-refractivity contribution in [2.75, 3.05) is 0 Å². The van der Waals surface area contributed by atoms with Crippen molar-refractivity contribution in [3.63, 3.8) is 0 Å². The van der Waals surface area contributed by atoms with Crippen molar-refractivity contribution in [3.05, 3.63) is 10.3 Å². The first-order chi connectivity index (χ1) is 6.75. The Bertz CT molecular complexity index is 522. The maximum atomic E-state index is 11.0. The molecule has 15 heavy (non-hydrogen) atoms. The molecule has 10 heteroatoms. The quantitative estimate of drug-likeness (QED) is 0.365. The molecule has 0 rings (SSSR count). The van der Waals surface area contributed by atoms with Gasteiger partial charge in [-0.3, -0.25) is 9.52 Å². The van der Waals surface area contributed by atoms with Crippen LogP contribution in [0.1, 0.15) is 6.92 Å². The molecule has 0 atom stereocenters. The third-order valence-electron chi connectivity index (χ3n) is 1.11. The van der Waals surface area contributed by atoms with Crippen molar-refractivity contribution in [3.8, 4) is 0 Å². The highest BCUT2D eigenvalue weighted by Gasteiger charge is 2.15. The largest absolute Gasteiger partial charge is 0.286 e. The second kappa shape index (κ2) is 4.82. The molecule has 84 valence electrons. The van der Waals surface area contributed by atoms with Gasteiger partial charge in [0.15, 0.2) is 0 Å². The Labute approximate surface area is 85.8 Å². The van der Waals surface area contributed by atoms with E-state index >= 15 is 0 Å². The van der Waals surface area contributed by atoms with Crippen LogP contribution in [-0.4, -0.2) is 29.3 Å².